The van der Waals surface area contributed by atoms with Crippen LogP contribution in [0.1, 0.15) is 12.5 Å². The Labute approximate surface area is 152 Å². The molecule has 0 saturated heterocycles. The summed E-state index contributed by atoms with van der Waals surface area (Å²) in [6.07, 6.45) is 1.58. The standard InChI is InChI=1S/C16H16FN5O3S/c1-2-20(10-13(23)18-9-11-3-5-12(17)6-4-11)14-15(22(24)25)21-7-8-26-16(21)19-14/h3-8H,2,9-10H2,1H3,(H,18,23). The molecule has 8 nitrogen and oxygen atoms in total. The van der Waals surface area contributed by atoms with E-state index in [-0.39, 0.29) is 36.4 Å². The lowest BCUT2D eigenvalue weighted by molar-refractivity contribution is -0.389. The number of fused-ring (bicyclic) bond motifs is 1. The zero-order chi connectivity index (χ0) is 18.7. The maximum Gasteiger partial charge on any atom is 0.373 e. The number of carbonyl (C=O) groups is 1. The molecule has 1 aromatic carbocycles. The topological polar surface area (TPSA) is 92.8 Å². The SMILES string of the molecule is CCN(CC(=O)NCc1ccc(F)cc1)c1nc2sccn2c1[N+](=O)[O-]. The monoisotopic (exact) mass is 377 g/mol. The zero-order valence-electron chi connectivity index (χ0n) is 13.9. The van der Waals surface area contributed by atoms with Crippen molar-refractivity contribution in [3.8, 4) is 0 Å². The van der Waals surface area contributed by atoms with Crippen molar-refractivity contribution >= 4 is 33.8 Å². The highest BCUT2D eigenvalue weighted by Gasteiger charge is 2.28. The Morgan fingerprint density at radius 2 is 2.15 bits per heavy atom. The van der Waals surface area contributed by atoms with Crippen molar-refractivity contribution in [2.45, 2.75) is 13.5 Å². The summed E-state index contributed by atoms with van der Waals surface area (Å²) < 4.78 is 14.3. The van der Waals surface area contributed by atoms with Crippen molar-refractivity contribution in [3.63, 3.8) is 0 Å². The molecule has 136 valence electrons. The zero-order valence-corrected chi connectivity index (χ0v) is 14.7. The van der Waals surface area contributed by atoms with Crippen LogP contribution in [0.2, 0.25) is 0 Å². The Balaban J connectivity index is 1.72. The first-order valence-corrected chi connectivity index (χ1v) is 8.73. The van der Waals surface area contributed by atoms with Gasteiger partial charge in [-0.05, 0) is 29.5 Å². The van der Waals surface area contributed by atoms with Crippen LogP contribution in [0.4, 0.5) is 16.0 Å². The fraction of sp³-hybridized carbons (Fsp3) is 0.250. The van der Waals surface area contributed by atoms with E-state index in [0.717, 1.165) is 5.56 Å². The van der Waals surface area contributed by atoms with Gasteiger partial charge in [0.2, 0.25) is 11.7 Å². The third kappa shape index (κ3) is 3.64. The maximum atomic E-state index is 12.9. The average Bonchev–Trinajstić information content (AvgIpc) is 3.19. The molecule has 1 amide bonds. The van der Waals surface area contributed by atoms with Crippen LogP contribution < -0.4 is 10.2 Å². The van der Waals surface area contributed by atoms with Gasteiger partial charge in [-0.1, -0.05) is 23.5 Å². The fourth-order valence-corrected chi connectivity index (χ4v) is 3.22. The molecule has 3 rings (SSSR count). The number of nitrogens with zero attached hydrogens (tertiary/aromatic N) is 4. The highest BCUT2D eigenvalue weighted by atomic mass is 32.1. The maximum absolute atomic E-state index is 12.9. The van der Waals surface area contributed by atoms with Crippen molar-refractivity contribution in [2.75, 3.05) is 18.0 Å². The van der Waals surface area contributed by atoms with Gasteiger partial charge in [0.25, 0.3) is 4.96 Å². The van der Waals surface area contributed by atoms with Crippen LogP contribution in [0.25, 0.3) is 4.96 Å². The van der Waals surface area contributed by atoms with E-state index >= 15 is 0 Å². The van der Waals surface area contributed by atoms with E-state index in [4.69, 9.17) is 0 Å². The summed E-state index contributed by atoms with van der Waals surface area (Å²) in [6, 6.07) is 5.81. The van der Waals surface area contributed by atoms with E-state index in [2.05, 4.69) is 10.3 Å². The van der Waals surface area contributed by atoms with Crippen LogP contribution in [0, 0.1) is 15.9 Å². The first kappa shape index (κ1) is 17.8. The Hall–Kier alpha value is -3.01. The smallest absolute Gasteiger partial charge is 0.358 e. The van der Waals surface area contributed by atoms with E-state index in [1.807, 2.05) is 0 Å². The summed E-state index contributed by atoms with van der Waals surface area (Å²) in [5.74, 6) is -0.637. The van der Waals surface area contributed by atoms with Crippen LogP contribution in [0.5, 0.6) is 0 Å². The minimum atomic E-state index is -0.499. The van der Waals surface area contributed by atoms with Gasteiger partial charge in [-0.2, -0.15) is 9.38 Å². The summed E-state index contributed by atoms with van der Waals surface area (Å²) in [7, 11) is 0. The number of imidazole rings is 1. The molecule has 0 unspecified atom stereocenters. The lowest BCUT2D eigenvalue weighted by atomic mass is 10.2. The molecule has 0 aliphatic carbocycles. The molecule has 10 heteroatoms. The number of thiazole rings is 1. The molecule has 2 heterocycles. The van der Waals surface area contributed by atoms with Gasteiger partial charge in [0, 0.05) is 18.5 Å². The molecule has 0 atom stereocenters. The predicted octanol–water partition coefficient (Wildman–Crippen LogP) is 2.59. The van der Waals surface area contributed by atoms with Gasteiger partial charge in [0.15, 0.2) is 0 Å². The molecular formula is C16H16FN5O3S. The number of nitro groups is 1. The molecular weight excluding hydrogens is 361 g/mol. The van der Waals surface area contributed by atoms with E-state index in [0.29, 0.717) is 11.5 Å². The summed E-state index contributed by atoms with van der Waals surface area (Å²) in [6.45, 7) is 2.36. The normalized spacial score (nSPS) is 10.8. The molecule has 0 spiro atoms. The molecule has 0 aliphatic heterocycles. The minimum Gasteiger partial charge on any atom is -0.358 e. The number of halogens is 1. The summed E-state index contributed by atoms with van der Waals surface area (Å²) in [5.41, 5.74) is 0.760. The second-order valence-electron chi connectivity index (χ2n) is 5.49. The molecule has 0 saturated carbocycles. The van der Waals surface area contributed by atoms with E-state index < -0.39 is 4.92 Å². The summed E-state index contributed by atoms with van der Waals surface area (Å²) >= 11 is 1.28. The highest BCUT2D eigenvalue weighted by molar-refractivity contribution is 7.15. The number of likely N-dealkylation sites (N-methyl/N-ethyl adjacent to an activating group) is 1. The second kappa shape index (κ2) is 7.48. The van der Waals surface area contributed by atoms with Crippen molar-refractivity contribution in [3.05, 3.63) is 57.3 Å². The lowest BCUT2D eigenvalue weighted by Crippen LogP contribution is -2.37. The first-order valence-electron chi connectivity index (χ1n) is 7.85. The average molecular weight is 377 g/mol. The predicted molar refractivity (Wildman–Crippen MR) is 95.9 cm³/mol. The molecule has 3 aromatic rings. The van der Waals surface area contributed by atoms with E-state index in [9.17, 15) is 19.3 Å². The van der Waals surface area contributed by atoms with Crippen molar-refractivity contribution in [1.82, 2.24) is 14.7 Å². The largest absolute Gasteiger partial charge is 0.373 e. The fourth-order valence-electron chi connectivity index (χ4n) is 2.51. The Morgan fingerprint density at radius 1 is 1.42 bits per heavy atom. The van der Waals surface area contributed by atoms with E-state index in [1.54, 1.807) is 35.5 Å². The van der Waals surface area contributed by atoms with Crippen molar-refractivity contribution < 1.29 is 14.1 Å². The Morgan fingerprint density at radius 3 is 2.81 bits per heavy atom. The molecule has 0 bridgehead atoms. The van der Waals surface area contributed by atoms with Gasteiger partial charge in [-0.25, -0.2) is 4.39 Å². The molecule has 0 radical (unpaired) electrons. The van der Waals surface area contributed by atoms with Gasteiger partial charge in [-0.3, -0.25) is 4.79 Å². The van der Waals surface area contributed by atoms with Gasteiger partial charge < -0.3 is 20.3 Å². The Bertz CT molecular complexity index is 937. The Kier molecular flexibility index (Phi) is 5.12. The number of hydrogen-bond acceptors (Lipinski definition) is 6. The first-order chi connectivity index (χ1) is 12.5. The van der Waals surface area contributed by atoms with Crippen LogP contribution in [0.3, 0.4) is 0 Å². The minimum absolute atomic E-state index is 0.0661. The van der Waals surface area contributed by atoms with Crippen LogP contribution in [0.15, 0.2) is 35.8 Å². The second-order valence-corrected chi connectivity index (χ2v) is 6.36. The van der Waals surface area contributed by atoms with Gasteiger partial charge in [0.1, 0.15) is 12.0 Å². The molecule has 0 fully saturated rings. The number of benzene rings is 1. The third-order valence-corrected chi connectivity index (χ3v) is 4.57. The van der Waals surface area contributed by atoms with Gasteiger partial charge in [-0.15, -0.1) is 0 Å². The molecule has 26 heavy (non-hydrogen) atoms. The highest BCUT2D eigenvalue weighted by Crippen LogP contribution is 2.30. The number of aromatic nitrogens is 2. The number of hydrogen-bond donors (Lipinski definition) is 1. The molecule has 0 aliphatic rings. The van der Waals surface area contributed by atoms with Crippen molar-refractivity contribution in [2.24, 2.45) is 0 Å². The quantitative estimate of drug-likeness (QED) is 0.505. The number of rotatable bonds is 7. The van der Waals surface area contributed by atoms with E-state index in [1.165, 1.54) is 27.9 Å². The number of amides is 1. The van der Waals surface area contributed by atoms with Crippen LogP contribution in [-0.4, -0.2) is 33.3 Å². The number of carbonyl (C=O) groups excluding carboxylic acids is 1. The third-order valence-electron chi connectivity index (χ3n) is 3.81. The van der Waals surface area contributed by atoms with Crippen LogP contribution >= 0.6 is 11.3 Å². The molecule has 1 N–H and O–H groups in total. The number of nitrogens with one attached hydrogen (secondary N) is 1. The summed E-state index contributed by atoms with van der Waals surface area (Å²) in [5, 5.41) is 15.9. The summed E-state index contributed by atoms with van der Waals surface area (Å²) in [4.78, 5) is 29.5. The van der Waals surface area contributed by atoms with Gasteiger partial charge in [0.05, 0.1) is 6.54 Å². The lowest BCUT2D eigenvalue weighted by Gasteiger charge is -2.19. The van der Waals surface area contributed by atoms with Gasteiger partial charge >= 0.3 is 5.82 Å². The number of anilines is 1. The molecule has 2 aromatic heterocycles. The van der Waals surface area contributed by atoms with Crippen LogP contribution in [-0.2, 0) is 11.3 Å². The van der Waals surface area contributed by atoms with Crippen molar-refractivity contribution in [1.29, 1.82) is 0 Å².